The van der Waals surface area contributed by atoms with E-state index in [1.54, 1.807) is 4.90 Å². The molecule has 1 unspecified atom stereocenters. The van der Waals surface area contributed by atoms with Gasteiger partial charge in [-0.25, -0.2) is 0 Å². The van der Waals surface area contributed by atoms with Gasteiger partial charge in [0.25, 0.3) is 5.91 Å². The fourth-order valence-electron chi connectivity index (χ4n) is 3.53. The third-order valence-electron chi connectivity index (χ3n) is 4.81. The third-order valence-corrected chi connectivity index (χ3v) is 4.81. The fraction of sp³-hybridized carbons (Fsp3) is 0.381. The molecule has 1 amide bonds. The number of rotatable bonds is 7. The van der Waals surface area contributed by atoms with Crippen LogP contribution in [-0.4, -0.2) is 32.6 Å². The van der Waals surface area contributed by atoms with Gasteiger partial charge in [0.05, 0.1) is 20.1 Å². The van der Waals surface area contributed by atoms with Gasteiger partial charge in [0, 0.05) is 29.7 Å². The summed E-state index contributed by atoms with van der Waals surface area (Å²) in [6, 6.07) is 18.6. The van der Waals surface area contributed by atoms with E-state index < -0.39 is 0 Å². The Balaban J connectivity index is 1.45. The van der Waals surface area contributed by atoms with Crippen molar-refractivity contribution in [2.45, 2.75) is 25.9 Å². The summed E-state index contributed by atoms with van der Waals surface area (Å²) in [5, 5.41) is 3.01. The highest BCUT2D eigenvalue weighted by Crippen LogP contribution is 2.09. The van der Waals surface area contributed by atoms with Crippen LogP contribution in [0.2, 0.25) is 0 Å². The Bertz CT molecular complexity index is 663. The number of benzene rings is 2. The van der Waals surface area contributed by atoms with Crippen LogP contribution >= 0.6 is 0 Å². The Hall–Kier alpha value is -2.17. The zero-order valence-corrected chi connectivity index (χ0v) is 15.1. The van der Waals surface area contributed by atoms with E-state index in [0.29, 0.717) is 6.54 Å². The predicted octanol–water partition coefficient (Wildman–Crippen LogP) is 0.519. The van der Waals surface area contributed by atoms with Crippen LogP contribution in [0, 0.1) is 0 Å². The first-order valence-corrected chi connectivity index (χ1v) is 9.26. The molecule has 0 aromatic heterocycles. The van der Waals surface area contributed by atoms with Crippen molar-refractivity contribution in [2.75, 3.05) is 32.0 Å². The fourth-order valence-corrected chi connectivity index (χ4v) is 3.53. The highest BCUT2D eigenvalue weighted by molar-refractivity contribution is 5.91. The molecule has 0 radical (unpaired) electrons. The molecule has 0 bridgehead atoms. The molecule has 132 valence electrons. The van der Waals surface area contributed by atoms with Gasteiger partial charge in [-0.3, -0.25) is 4.79 Å². The lowest BCUT2D eigenvalue weighted by Crippen LogP contribution is -3.08. The number of anilines is 1. The molecule has 0 spiro atoms. The minimum Gasteiger partial charge on any atom is -0.331 e. The van der Waals surface area contributed by atoms with E-state index in [1.807, 2.05) is 30.3 Å². The van der Waals surface area contributed by atoms with Gasteiger partial charge in [-0.05, 0) is 12.1 Å². The second-order valence-electron chi connectivity index (χ2n) is 7.18. The zero-order valence-electron chi connectivity index (χ0n) is 15.1. The number of hydrogen-bond donors (Lipinski definition) is 3. The number of amides is 1. The number of hydrogen-bond acceptors (Lipinski definition) is 1. The van der Waals surface area contributed by atoms with Crippen molar-refractivity contribution in [2.24, 2.45) is 0 Å². The molecule has 0 saturated carbocycles. The third kappa shape index (κ3) is 5.69. The topological polar surface area (TPSA) is 38.0 Å². The van der Waals surface area contributed by atoms with Crippen molar-refractivity contribution < 1.29 is 14.6 Å². The van der Waals surface area contributed by atoms with E-state index in [2.05, 4.69) is 36.6 Å². The van der Waals surface area contributed by atoms with Crippen LogP contribution in [0.25, 0.3) is 0 Å². The quantitative estimate of drug-likeness (QED) is 0.676. The number of carbonyl (C=O) groups excluding carboxylic acids is 1. The lowest BCUT2D eigenvalue weighted by Gasteiger charge is -2.14. The van der Waals surface area contributed by atoms with Gasteiger partial charge in [-0.2, -0.15) is 0 Å². The van der Waals surface area contributed by atoms with Crippen molar-refractivity contribution >= 4 is 11.6 Å². The number of nitrogens with one attached hydrogen (secondary N) is 3. The van der Waals surface area contributed by atoms with Crippen molar-refractivity contribution in [3.63, 3.8) is 0 Å². The molecule has 3 rings (SSSR count). The normalized spacial score (nSPS) is 15.9. The maximum Gasteiger partial charge on any atom is 0.279 e. The minimum atomic E-state index is 0.0614. The van der Waals surface area contributed by atoms with Crippen LogP contribution in [0.5, 0.6) is 0 Å². The van der Waals surface area contributed by atoms with Crippen molar-refractivity contribution in [3.8, 4) is 0 Å². The second-order valence-corrected chi connectivity index (χ2v) is 7.18. The van der Waals surface area contributed by atoms with Crippen LogP contribution in [0.1, 0.15) is 24.0 Å². The predicted molar refractivity (Wildman–Crippen MR) is 101 cm³/mol. The molecule has 25 heavy (non-hydrogen) atoms. The van der Waals surface area contributed by atoms with Crippen LogP contribution in [0.4, 0.5) is 5.69 Å². The highest BCUT2D eigenvalue weighted by atomic mass is 16.2. The maximum absolute atomic E-state index is 12.2. The number of likely N-dealkylation sites (N-methyl/N-ethyl adjacent to an activating group) is 1. The molecule has 1 aliphatic heterocycles. The summed E-state index contributed by atoms with van der Waals surface area (Å²) >= 11 is 0. The van der Waals surface area contributed by atoms with Crippen molar-refractivity contribution in [1.29, 1.82) is 0 Å². The van der Waals surface area contributed by atoms with E-state index in [0.717, 1.165) is 18.8 Å². The Morgan fingerprint density at radius 2 is 1.68 bits per heavy atom. The Morgan fingerprint density at radius 1 is 1.00 bits per heavy atom. The van der Waals surface area contributed by atoms with Gasteiger partial charge >= 0.3 is 0 Å². The molecule has 4 heteroatoms. The SMILES string of the molecule is C[NH+](CC(=O)Nc1ccc(C[NH+]2CCCC2)cc1)Cc1ccccc1. The summed E-state index contributed by atoms with van der Waals surface area (Å²) in [7, 11) is 2.05. The second kappa shape index (κ2) is 8.79. The molecule has 1 atom stereocenters. The minimum absolute atomic E-state index is 0.0614. The highest BCUT2D eigenvalue weighted by Gasteiger charge is 2.15. The Morgan fingerprint density at radius 3 is 2.36 bits per heavy atom. The van der Waals surface area contributed by atoms with E-state index in [1.165, 1.54) is 42.0 Å². The molecule has 1 aliphatic rings. The molecule has 2 aromatic rings. The van der Waals surface area contributed by atoms with Gasteiger partial charge < -0.3 is 15.1 Å². The summed E-state index contributed by atoms with van der Waals surface area (Å²) in [4.78, 5) is 15.1. The first kappa shape index (κ1) is 17.6. The first-order chi connectivity index (χ1) is 12.2. The van der Waals surface area contributed by atoms with Gasteiger partial charge in [0.1, 0.15) is 13.1 Å². The molecule has 3 N–H and O–H groups in total. The summed E-state index contributed by atoms with van der Waals surface area (Å²) in [5.41, 5.74) is 3.49. The average molecular weight is 339 g/mol. The molecular formula is C21H29N3O+2. The Kier molecular flexibility index (Phi) is 6.20. The van der Waals surface area contributed by atoms with Crippen molar-refractivity contribution in [3.05, 3.63) is 65.7 Å². The van der Waals surface area contributed by atoms with Crippen LogP contribution in [0.3, 0.4) is 0 Å². The summed E-state index contributed by atoms with van der Waals surface area (Å²) in [5.74, 6) is 0.0614. The molecule has 0 aliphatic carbocycles. The monoisotopic (exact) mass is 339 g/mol. The lowest BCUT2D eigenvalue weighted by atomic mass is 10.2. The summed E-state index contributed by atoms with van der Waals surface area (Å²) < 4.78 is 0. The van der Waals surface area contributed by atoms with Crippen LogP contribution in [-0.2, 0) is 17.9 Å². The van der Waals surface area contributed by atoms with Crippen LogP contribution in [0.15, 0.2) is 54.6 Å². The molecule has 2 aromatic carbocycles. The maximum atomic E-state index is 12.2. The average Bonchev–Trinajstić information content (AvgIpc) is 3.10. The van der Waals surface area contributed by atoms with Crippen molar-refractivity contribution in [1.82, 2.24) is 0 Å². The van der Waals surface area contributed by atoms with Gasteiger partial charge in [0.2, 0.25) is 0 Å². The molecule has 1 fully saturated rings. The first-order valence-electron chi connectivity index (χ1n) is 9.26. The summed E-state index contributed by atoms with van der Waals surface area (Å²) in [6.45, 7) is 4.99. The molecule has 1 heterocycles. The van der Waals surface area contributed by atoms with Gasteiger partial charge in [-0.1, -0.05) is 42.5 Å². The standard InChI is InChI=1S/C21H27N3O/c1-23(15-18-7-3-2-4-8-18)17-21(25)22-20-11-9-19(10-12-20)16-24-13-5-6-14-24/h2-4,7-12H,5-6,13-17H2,1H3,(H,22,25)/p+2. The van der Waals surface area contributed by atoms with E-state index >= 15 is 0 Å². The smallest absolute Gasteiger partial charge is 0.279 e. The largest absolute Gasteiger partial charge is 0.331 e. The number of likely N-dealkylation sites (tertiary alicyclic amines) is 1. The zero-order chi connectivity index (χ0) is 17.5. The number of carbonyl (C=O) groups is 1. The molecule has 1 saturated heterocycles. The summed E-state index contributed by atoms with van der Waals surface area (Å²) in [6.07, 6.45) is 2.70. The van der Waals surface area contributed by atoms with Gasteiger partial charge in [0.15, 0.2) is 6.54 Å². The lowest BCUT2D eigenvalue weighted by molar-refractivity contribution is -0.901. The van der Waals surface area contributed by atoms with E-state index in [4.69, 9.17) is 0 Å². The van der Waals surface area contributed by atoms with E-state index in [9.17, 15) is 4.79 Å². The Labute approximate surface area is 150 Å². The van der Waals surface area contributed by atoms with Crippen LogP contribution < -0.4 is 15.1 Å². The molecule has 4 nitrogen and oxygen atoms in total. The number of quaternary nitrogens is 2. The van der Waals surface area contributed by atoms with Gasteiger partial charge in [-0.15, -0.1) is 0 Å². The molecular weight excluding hydrogens is 310 g/mol. The van der Waals surface area contributed by atoms with E-state index in [-0.39, 0.29) is 5.91 Å².